The van der Waals surface area contributed by atoms with E-state index in [1.807, 2.05) is 6.07 Å². The van der Waals surface area contributed by atoms with Crippen molar-refractivity contribution < 1.29 is 0 Å². The lowest BCUT2D eigenvalue weighted by Gasteiger charge is -1.89. The maximum atomic E-state index is 3.98. The quantitative estimate of drug-likeness (QED) is 0.530. The van der Waals surface area contributed by atoms with E-state index in [1.165, 1.54) is 6.33 Å². The van der Waals surface area contributed by atoms with E-state index in [2.05, 4.69) is 21.1 Å². The first-order chi connectivity index (χ1) is 4.97. The SMILES string of the molecule is [c]1ncnc2cnccc12. The van der Waals surface area contributed by atoms with Crippen LogP contribution in [0, 0.1) is 6.20 Å². The van der Waals surface area contributed by atoms with Gasteiger partial charge in [0, 0.05) is 11.6 Å². The smallest absolute Gasteiger partial charge is 0.116 e. The third-order valence-electron chi connectivity index (χ3n) is 1.24. The van der Waals surface area contributed by atoms with Gasteiger partial charge in [-0.2, -0.15) is 0 Å². The molecule has 0 aromatic carbocycles. The Morgan fingerprint density at radius 3 is 3.30 bits per heavy atom. The first kappa shape index (κ1) is 5.29. The molecule has 0 unspecified atom stereocenters. The van der Waals surface area contributed by atoms with Crippen LogP contribution in [-0.2, 0) is 0 Å². The van der Waals surface area contributed by atoms with E-state index in [1.54, 1.807) is 12.4 Å². The summed E-state index contributed by atoms with van der Waals surface area (Å²) in [5, 5.41) is 0.900. The Hall–Kier alpha value is -1.51. The third kappa shape index (κ3) is 0.719. The third-order valence-corrected chi connectivity index (χ3v) is 1.24. The summed E-state index contributed by atoms with van der Waals surface area (Å²) < 4.78 is 0. The maximum Gasteiger partial charge on any atom is 0.116 e. The summed E-state index contributed by atoms with van der Waals surface area (Å²) in [6, 6.07) is 1.83. The lowest BCUT2D eigenvalue weighted by atomic mass is 10.3. The summed E-state index contributed by atoms with van der Waals surface area (Å²) in [6.07, 6.45) is 7.65. The van der Waals surface area contributed by atoms with E-state index >= 15 is 0 Å². The molecule has 0 aliphatic rings. The Bertz CT molecular complexity index is 280. The highest BCUT2D eigenvalue weighted by Crippen LogP contribution is 2.03. The first-order valence-electron chi connectivity index (χ1n) is 2.89. The predicted molar refractivity (Wildman–Crippen MR) is 36.2 cm³/mol. The molecule has 0 saturated carbocycles. The predicted octanol–water partition coefficient (Wildman–Crippen LogP) is 0.825. The molecule has 0 aliphatic carbocycles. The van der Waals surface area contributed by atoms with Gasteiger partial charge in [0.05, 0.1) is 11.7 Å². The van der Waals surface area contributed by atoms with Crippen molar-refractivity contribution in [3.63, 3.8) is 0 Å². The number of hydrogen-bond donors (Lipinski definition) is 0. The summed E-state index contributed by atoms with van der Waals surface area (Å²) in [5.74, 6) is 0. The second kappa shape index (κ2) is 2.02. The molecular weight excluding hydrogens is 126 g/mol. The average Bonchev–Trinajstić information content (AvgIpc) is 2.05. The zero-order chi connectivity index (χ0) is 6.81. The topological polar surface area (TPSA) is 38.7 Å². The molecule has 10 heavy (non-hydrogen) atoms. The maximum absolute atomic E-state index is 3.98. The second-order valence-corrected chi connectivity index (χ2v) is 1.88. The Morgan fingerprint density at radius 2 is 2.40 bits per heavy atom. The van der Waals surface area contributed by atoms with E-state index in [0.717, 1.165) is 10.9 Å². The van der Waals surface area contributed by atoms with Gasteiger partial charge in [-0.15, -0.1) is 0 Å². The van der Waals surface area contributed by atoms with Gasteiger partial charge in [0.25, 0.3) is 0 Å². The van der Waals surface area contributed by atoms with Gasteiger partial charge in [-0.1, -0.05) is 0 Å². The summed E-state index contributed by atoms with van der Waals surface area (Å²) >= 11 is 0. The van der Waals surface area contributed by atoms with Crippen LogP contribution in [0.3, 0.4) is 0 Å². The lowest BCUT2D eigenvalue weighted by Crippen LogP contribution is -1.80. The van der Waals surface area contributed by atoms with Gasteiger partial charge in [-0.05, 0) is 6.07 Å². The number of nitrogens with zero attached hydrogens (tertiary/aromatic N) is 3. The van der Waals surface area contributed by atoms with E-state index in [4.69, 9.17) is 0 Å². The number of pyridine rings is 1. The van der Waals surface area contributed by atoms with Crippen LogP contribution in [0.2, 0.25) is 0 Å². The molecule has 47 valence electrons. The molecule has 0 aliphatic heterocycles. The first-order valence-corrected chi connectivity index (χ1v) is 2.89. The van der Waals surface area contributed by atoms with Crippen molar-refractivity contribution in [3.05, 3.63) is 31.0 Å². The molecule has 0 atom stereocenters. The molecule has 0 N–H and O–H groups in total. The summed E-state index contributed by atoms with van der Waals surface area (Å²) in [4.78, 5) is 11.6. The van der Waals surface area contributed by atoms with E-state index in [0.29, 0.717) is 0 Å². The largest absolute Gasteiger partial charge is 0.262 e. The van der Waals surface area contributed by atoms with Gasteiger partial charge in [-0.3, -0.25) is 4.98 Å². The zero-order valence-electron chi connectivity index (χ0n) is 5.15. The highest BCUT2D eigenvalue weighted by Gasteiger charge is 1.89. The Labute approximate surface area is 57.8 Å². The van der Waals surface area contributed by atoms with Gasteiger partial charge < -0.3 is 0 Å². The minimum Gasteiger partial charge on any atom is -0.262 e. The molecule has 0 amide bonds. The normalized spacial score (nSPS) is 10.0. The van der Waals surface area contributed by atoms with Crippen LogP contribution in [0.1, 0.15) is 0 Å². The van der Waals surface area contributed by atoms with E-state index < -0.39 is 0 Å². The van der Waals surface area contributed by atoms with Crippen LogP contribution in [0.5, 0.6) is 0 Å². The van der Waals surface area contributed by atoms with Crippen molar-refractivity contribution in [1.82, 2.24) is 15.0 Å². The highest BCUT2D eigenvalue weighted by atomic mass is 14.8. The Morgan fingerprint density at radius 1 is 1.40 bits per heavy atom. The molecule has 2 aromatic heterocycles. The molecule has 2 heterocycles. The van der Waals surface area contributed by atoms with Gasteiger partial charge in [0.2, 0.25) is 0 Å². The fourth-order valence-electron chi connectivity index (χ4n) is 0.773. The molecule has 3 heteroatoms. The van der Waals surface area contributed by atoms with E-state index in [-0.39, 0.29) is 0 Å². The van der Waals surface area contributed by atoms with Crippen molar-refractivity contribution in [1.29, 1.82) is 0 Å². The molecule has 2 aromatic rings. The van der Waals surface area contributed by atoms with Crippen molar-refractivity contribution >= 4 is 10.9 Å². The number of hydrogen-bond acceptors (Lipinski definition) is 3. The van der Waals surface area contributed by atoms with Crippen LogP contribution in [0.4, 0.5) is 0 Å². The summed E-state index contributed by atoms with van der Waals surface area (Å²) in [5.41, 5.74) is 0.831. The van der Waals surface area contributed by atoms with Crippen LogP contribution >= 0.6 is 0 Å². The van der Waals surface area contributed by atoms with E-state index in [9.17, 15) is 0 Å². The molecule has 2 rings (SSSR count). The molecule has 0 spiro atoms. The minimum atomic E-state index is 0.831. The molecule has 3 nitrogen and oxygen atoms in total. The fraction of sp³-hybridized carbons (Fsp3) is 0. The van der Waals surface area contributed by atoms with Crippen molar-refractivity contribution in [2.45, 2.75) is 0 Å². The number of rotatable bonds is 0. The van der Waals surface area contributed by atoms with Crippen LogP contribution in [0.25, 0.3) is 10.9 Å². The van der Waals surface area contributed by atoms with Gasteiger partial charge in [0.1, 0.15) is 12.5 Å². The monoisotopic (exact) mass is 130 g/mol. The van der Waals surface area contributed by atoms with Gasteiger partial charge >= 0.3 is 0 Å². The Kier molecular flexibility index (Phi) is 1.07. The molecule has 0 bridgehead atoms. The van der Waals surface area contributed by atoms with Gasteiger partial charge in [-0.25, -0.2) is 9.97 Å². The van der Waals surface area contributed by atoms with Crippen molar-refractivity contribution in [2.75, 3.05) is 0 Å². The average molecular weight is 130 g/mol. The standard InChI is InChI=1S/C7H4N3/c1-2-8-4-7-6(1)3-9-5-10-7/h1-2,4-5H. The van der Waals surface area contributed by atoms with Crippen LogP contribution < -0.4 is 0 Å². The lowest BCUT2D eigenvalue weighted by molar-refractivity contribution is 1.19. The number of fused-ring (bicyclic) bond motifs is 1. The molecule has 0 fully saturated rings. The number of aromatic nitrogens is 3. The second-order valence-electron chi connectivity index (χ2n) is 1.88. The molecule has 1 radical (unpaired) electrons. The Balaban J connectivity index is 2.89. The minimum absolute atomic E-state index is 0.831. The fourth-order valence-corrected chi connectivity index (χ4v) is 0.773. The molecule has 0 saturated heterocycles. The van der Waals surface area contributed by atoms with Crippen molar-refractivity contribution in [2.24, 2.45) is 0 Å². The van der Waals surface area contributed by atoms with Crippen molar-refractivity contribution in [3.8, 4) is 0 Å². The van der Waals surface area contributed by atoms with Crippen LogP contribution in [-0.4, -0.2) is 15.0 Å². The molecular formula is C7H4N3. The summed E-state index contributed by atoms with van der Waals surface area (Å²) in [6.45, 7) is 0. The highest BCUT2D eigenvalue weighted by molar-refractivity contribution is 5.74. The zero-order valence-corrected chi connectivity index (χ0v) is 5.15. The summed E-state index contributed by atoms with van der Waals surface area (Å²) in [7, 11) is 0. The van der Waals surface area contributed by atoms with Gasteiger partial charge in [0.15, 0.2) is 0 Å². The van der Waals surface area contributed by atoms with Crippen LogP contribution in [0.15, 0.2) is 24.8 Å².